The van der Waals surface area contributed by atoms with Crippen molar-refractivity contribution in [2.75, 3.05) is 5.32 Å². The molecule has 0 unspecified atom stereocenters. The Morgan fingerprint density at radius 3 is 2.62 bits per heavy atom. The molecule has 21 heavy (non-hydrogen) atoms. The molecular weight excluding hydrogens is 286 g/mol. The average molecular weight is 301 g/mol. The van der Waals surface area contributed by atoms with Crippen molar-refractivity contribution in [3.63, 3.8) is 0 Å². The van der Waals surface area contributed by atoms with Gasteiger partial charge in [0.2, 0.25) is 5.91 Å². The normalized spacial score (nSPS) is 10.8. The molecule has 2 aromatic rings. The van der Waals surface area contributed by atoms with Crippen LogP contribution in [0.15, 0.2) is 36.4 Å². The second-order valence-electron chi connectivity index (χ2n) is 4.58. The zero-order valence-corrected chi connectivity index (χ0v) is 12.5. The van der Waals surface area contributed by atoms with E-state index in [0.717, 1.165) is 16.0 Å². The lowest BCUT2D eigenvalue weighted by atomic mass is 10.1. The Kier molecular flexibility index (Phi) is 4.55. The Morgan fingerprint density at radius 1 is 1.24 bits per heavy atom. The third kappa shape index (κ3) is 3.79. The predicted molar refractivity (Wildman–Crippen MR) is 84.9 cm³/mol. The number of carboxylic acids is 1. The molecule has 0 spiro atoms. The monoisotopic (exact) mass is 301 g/mol. The van der Waals surface area contributed by atoms with Gasteiger partial charge in [0.05, 0.1) is 5.56 Å². The van der Waals surface area contributed by atoms with Gasteiger partial charge in [0, 0.05) is 11.0 Å². The molecule has 1 aromatic carbocycles. The van der Waals surface area contributed by atoms with Gasteiger partial charge in [-0.3, -0.25) is 4.79 Å². The van der Waals surface area contributed by atoms with Gasteiger partial charge in [-0.2, -0.15) is 0 Å². The molecule has 1 aromatic heterocycles. The van der Waals surface area contributed by atoms with Gasteiger partial charge in [0.25, 0.3) is 0 Å². The number of thiophene rings is 1. The first-order valence-electron chi connectivity index (χ1n) is 6.36. The zero-order valence-electron chi connectivity index (χ0n) is 11.7. The lowest BCUT2D eigenvalue weighted by Crippen LogP contribution is -2.09. The third-order valence-electron chi connectivity index (χ3n) is 2.93. The number of rotatable bonds is 4. The summed E-state index contributed by atoms with van der Waals surface area (Å²) < 4.78 is 0. The smallest absolute Gasteiger partial charge is 0.338 e. The van der Waals surface area contributed by atoms with Crippen molar-refractivity contribution in [1.82, 2.24) is 0 Å². The van der Waals surface area contributed by atoms with Crippen LogP contribution in [0.3, 0.4) is 0 Å². The van der Waals surface area contributed by atoms with Gasteiger partial charge < -0.3 is 10.4 Å². The summed E-state index contributed by atoms with van der Waals surface area (Å²) >= 11 is 1.25. The maximum atomic E-state index is 11.9. The number of anilines is 1. The summed E-state index contributed by atoms with van der Waals surface area (Å²) in [4.78, 5) is 23.8. The molecule has 0 aliphatic rings. The maximum absolute atomic E-state index is 11.9. The van der Waals surface area contributed by atoms with E-state index in [2.05, 4.69) is 5.32 Å². The summed E-state index contributed by atoms with van der Waals surface area (Å²) in [5.41, 5.74) is 2.14. The highest BCUT2D eigenvalue weighted by Crippen LogP contribution is 2.27. The molecule has 2 rings (SSSR count). The molecule has 1 heterocycles. The van der Waals surface area contributed by atoms with Gasteiger partial charge in [-0.1, -0.05) is 24.3 Å². The van der Waals surface area contributed by atoms with Gasteiger partial charge >= 0.3 is 5.97 Å². The number of carboxylic acid groups (broad SMARTS) is 1. The summed E-state index contributed by atoms with van der Waals surface area (Å²) in [5.74, 6) is -1.39. The van der Waals surface area contributed by atoms with E-state index in [1.807, 2.05) is 31.2 Å². The molecular formula is C16H15NO3S. The van der Waals surface area contributed by atoms with E-state index < -0.39 is 5.97 Å². The van der Waals surface area contributed by atoms with Crippen molar-refractivity contribution >= 4 is 34.3 Å². The highest BCUT2D eigenvalue weighted by molar-refractivity contribution is 7.16. The van der Waals surface area contributed by atoms with Crippen molar-refractivity contribution in [3.8, 4) is 0 Å². The molecule has 0 saturated heterocycles. The van der Waals surface area contributed by atoms with E-state index in [0.29, 0.717) is 5.00 Å². The fourth-order valence-corrected chi connectivity index (χ4v) is 2.77. The van der Waals surface area contributed by atoms with E-state index in [1.54, 1.807) is 19.1 Å². The van der Waals surface area contributed by atoms with E-state index >= 15 is 0 Å². The molecule has 2 N–H and O–H groups in total. The van der Waals surface area contributed by atoms with Gasteiger partial charge in [-0.05, 0) is 37.1 Å². The van der Waals surface area contributed by atoms with Gasteiger partial charge in [0.15, 0.2) is 0 Å². The Bertz CT molecular complexity index is 716. The number of hydrogen-bond donors (Lipinski definition) is 2. The third-order valence-corrected chi connectivity index (χ3v) is 3.89. The van der Waals surface area contributed by atoms with Crippen LogP contribution < -0.4 is 5.32 Å². The average Bonchev–Trinajstić information content (AvgIpc) is 2.79. The van der Waals surface area contributed by atoms with E-state index in [-0.39, 0.29) is 11.5 Å². The second kappa shape index (κ2) is 6.37. The van der Waals surface area contributed by atoms with Crippen LogP contribution in [-0.4, -0.2) is 17.0 Å². The summed E-state index contributed by atoms with van der Waals surface area (Å²) in [7, 11) is 0. The van der Waals surface area contributed by atoms with Crippen LogP contribution in [0.2, 0.25) is 0 Å². The van der Waals surface area contributed by atoms with E-state index in [4.69, 9.17) is 5.11 Å². The zero-order chi connectivity index (χ0) is 15.4. The number of benzene rings is 1. The molecule has 5 heteroatoms. The van der Waals surface area contributed by atoms with Crippen LogP contribution in [0.5, 0.6) is 0 Å². The lowest BCUT2D eigenvalue weighted by molar-refractivity contribution is -0.111. The maximum Gasteiger partial charge on any atom is 0.338 e. The van der Waals surface area contributed by atoms with Crippen molar-refractivity contribution in [2.45, 2.75) is 13.8 Å². The summed E-state index contributed by atoms with van der Waals surface area (Å²) in [6, 6.07) is 9.25. The van der Waals surface area contributed by atoms with Crippen molar-refractivity contribution < 1.29 is 14.7 Å². The number of aryl methyl sites for hydroxylation is 2. The lowest BCUT2D eigenvalue weighted by Gasteiger charge is -2.01. The number of carbonyl (C=O) groups is 2. The Labute approximate surface area is 126 Å². The quantitative estimate of drug-likeness (QED) is 0.846. The van der Waals surface area contributed by atoms with Crippen LogP contribution in [0, 0.1) is 13.8 Å². The van der Waals surface area contributed by atoms with Crippen molar-refractivity contribution in [1.29, 1.82) is 0 Å². The van der Waals surface area contributed by atoms with Gasteiger partial charge in [0.1, 0.15) is 5.00 Å². The van der Waals surface area contributed by atoms with Crippen LogP contribution >= 0.6 is 11.3 Å². The van der Waals surface area contributed by atoms with Gasteiger partial charge in [-0.25, -0.2) is 4.79 Å². The summed E-state index contributed by atoms with van der Waals surface area (Å²) in [6.45, 7) is 3.76. The molecule has 0 bridgehead atoms. The minimum atomic E-state index is -1.04. The molecule has 0 radical (unpaired) electrons. The Hall–Kier alpha value is -2.40. The number of carbonyl (C=O) groups excluding carboxylic acids is 1. The summed E-state index contributed by atoms with van der Waals surface area (Å²) in [6.07, 6.45) is 3.12. The van der Waals surface area contributed by atoms with Crippen molar-refractivity contribution in [3.05, 3.63) is 58.0 Å². The van der Waals surface area contributed by atoms with E-state index in [1.165, 1.54) is 17.4 Å². The molecule has 1 amide bonds. The largest absolute Gasteiger partial charge is 0.478 e. The Morgan fingerprint density at radius 2 is 1.95 bits per heavy atom. The van der Waals surface area contributed by atoms with Crippen LogP contribution in [0.1, 0.15) is 26.4 Å². The Balaban J connectivity index is 2.12. The van der Waals surface area contributed by atoms with Crippen LogP contribution in [0.4, 0.5) is 5.00 Å². The summed E-state index contributed by atoms with van der Waals surface area (Å²) in [5, 5.41) is 12.0. The van der Waals surface area contributed by atoms with Crippen molar-refractivity contribution in [2.24, 2.45) is 0 Å². The number of nitrogens with one attached hydrogen (secondary N) is 1. The van der Waals surface area contributed by atoms with E-state index in [9.17, 15) is 9.59 Å². The molecule has 0 aliphatic heterocycles. The van der Waals surface area contributed by atoms with Gasteiger partial charge in [-0.15, -0.1) is 11.3 Å². The highest BCUT2D eigenvalue weighted by Gasteiger charge is 2.14. The molecule has 0 aliphatic carbocycles. The molecule has 4 nitrogen and oxygen atoms in total. The van der Waals surface area contributed by atoms with Crippen LogP contribution in [0.25, 0.3) is 6.08 Å². The number of aromatic carboxylic acids is 1. The first kappa shape index (κ1) is 15.0. The minimum absolute atomic E-state index is 0.121. The SMILES string of the molecule is Cc1cc(C(=O)O)c(NC(=O)C=Cc2ccccc2C)s1. The molecule has 108 valence electrons. The predicted octanol–water partition coefficient (Wildman–Crippen LogP) is 3.72. The molecule has 0 atom stereocenters. The fourth-order valence-electron chi connectivity index (χ4n) is 1.86. The first-order chi connectivity index (χ1) is 9.97. The standard InChI is InChI=1S/C16H15NO3S/c1-10-5-3-4-6-12(10)7-8-14(18)17-15-13(16(19)20)9-11(2)21-15/h3-9H,1-2H3,(H,17,18)(H,19,20). The topological polar surface area (TPSA) is 66.4 Å². The molecule has 0 saturated carbocycles. The number of hydrogen-bond acceptors (Lipinski definition) is 3. The van der Waals surface area contributed by atoms with Crippen LogP contribution in [-0.2, 0) is 4.79 Å². The number of amides is 1. The minimum Gasteiger partial charge on any atom is -0.478 e. The fraction of sp³-hybridized carbons (Fsp3) is 0.125. The molecule has 0 fully saturated rings. The first-order valence-corrected chi connectivity index (χ1v) is 7.17. The highest BCUT2D eigenvalue weighted by atomic mass is 32.1. The second-order valence-corrected chi connectivity index (χ2v) is 5.84.